The van der Waals surface area contributed by atoms with Crippen LogP contribution in [-0.4, -0.2) is 29.4 Å². The summed E-state index contributed by atoms with van der Waals surface area (Å²) in [7, 11) is 0. The van der Waals surface area contributed by atoms with Gasteiger partial charge in [-0.3, -0.25) is 4.79 Å². The normalized spacial score (nSPS) is 26.9. The minimum Gasteiger partial charge on any atom is -0.339 e. The molecule has 1 amide bonds. The Morgan fingerprint density at radius 1 is 1.21 bits per heavy atom. The molecule has 3 heteroatoms. The zero-order chi connectivity index (χ0) is 14.0. The molecule has 1 heterocycles. The first-order valence-corrected chi connectivity index (χ1v) is 7.94. The molecule has 1 saturated carbocycles. The first kappa shape index (κ1) is 14.8. The minimum absolute atomic E-state index is 0.0121. The van der Waals surface area contributed by atoms with Gasteiger partial charge in [0.2, 0.25) is 5.91 Å². The molecule has 1 saturated heterocycles. The first-order valence-electron chi connectivity index (χ1n) is 7.94. The van der Waals surface area contributed by atoms with Crippen molar-refractivity contribution in [3.8, 4) is 0 Å². The topological polar surface area (TPSA) is 46.3 Å². The van der Waals surface area contributed by atoms with Gasteiger partial charge in [-0.15, -0.1) is 0 Å². The quantitative estimate of drug-likeness (QED) is 0.853. The van der Waals surface area contributed by atoms with Crippen molar-refractivity contribution in [2.75, 3.05) is 6.54 Å². The molecule has 1 aliphatic heterocycles. The summed E-state index contributed by atoms with van der Waals surface area (Å²) in [6.45, 7) is 7.30. The van der Waals surface area contributed by atoms with E-state index in [0.29, 0.717) is 12.5 Å². The molecule has 2 N–H and O–H groups in total. The maximum atomic E-state index is 12.5. The fourth-order valence-electron chi connectivity index (χ4n) is 3.55. The Hall–Kier alpha value is -0.570. The van der Waals surface area contributed by atoms with Crippen molar-refractivity contribution in [2.45, 2.75) is 77.8 Å². The molecule has 19 heavy (non-hydrogen) atoms. The Morgan fingerprint density at radius 3 is 2.42 bits per heavy atom. The van der Waals surface area contributed by atoms with Gasteiger partial charge in [0.25, 0.3) is 0 Å². The van der Waals surface area contributed by atoms with Crippen LogP contribution in [0, 0.1) is 11.3 Å². The molecule has 0 radical (unpaired) electrons. The van der Waals surface area contributed by atoms with E-state index in [2.05, 4.69) is 25.7 Å². The average Bonchev–Trinajstić information content (AvgIpc) is 2.98. The number of hydrogen-bond acceptors (Lipinski definition) is 2. The van der Waals surface area contributed by atoms with Gasteiger partial charge in [-0.2, -0.15) is 0 Å². The van der Waals surface area contributed by atoms with Crippen LogP contribution < -0.4 is 5.73 Å². The van der Waals surface area contributed by atoms with Gasteiger partial charge in [-0.05, 0) is 37.0 Å². The van der Waals surface area contributed by atoms with E-state index in [1.807, 2.05) is 0 Å². The third-order valence-corrected chi connectivity index (χ3v) is 5.07. The third-order valence-electron chi connectivity index (χ3n) is 5.07. The monoisotopic (exact) mass is 266 g/mol. The summed E-state index contributed by atoms with van der Waals surface area (Å²) in [5.74, 6) is 1.05. The molecule has 3 nitrogen and oxygen atoms in total. The summed E-state index contributed by atoms with van der Waals surface area (Å²) in [5, 5.41) is 0. The van der Waals surface area contributed by atoms with Crippen LogP contribution >= 0.6 is 0 Å². The van der Waals surface area contributed by atoms with E-state index in [1.54, 1.807) is 0 Å². The number of rotatable bonds is 3. The predicted molar refractivity (Wildman–Crippen MR) is 78.7 cm³/mol. The lowest BCUT2D eigenvalue weighted by Gasteiger charge is -2.33. The second-order valence-electron chi connectivity index (χ2n) is 7.52. The van der Waals surface area contributed by atoms with E-state index < -0.39 is 0 Å². The fraction of sp³-hybridized carbons (Fsp3) is 0.938. The van der Waals surface area contributed by atoms with E-state index in [9.17, 15) is 4.79 Å². The summed E-state index contributed by atoms with van der Waals surface area (Å²) < 4.78 is 0. The third kappa shape index (κ3) is 3.50. The van der Waals surface area contributed by atoms with Gasteiger partial charge in [0.05, 0.1) is 0 Å². The van der Waals surface area contributed by atoms with Crippen molar-refractivity contribution in [3.63, 3.8) is 0 Å². The van der Waals surface area contributed by atoms with Crippen molar-refractivity contribution < 1.29 is 4.79 Å². The minimum atomic E-state index is -0.0372. The van der Waals surface area contributed by atoms with Crippen molar-refractivity contribution in [1.82, 2.24) is 4.90 Å². The summed E-state index contributed by atoms with van der Waals surface area (Å²) >= 11 is 0. The van der Waals surface area contributed by atoms with Gasteiger partial charge in [0.15, 0.2) is 0 Å². The highest BCUT2D eigenvalue weighted by atomic mass is 16.2. The van der Waals surface area contributed by atoms with Crippen LogP contribution in [0.5, 0.6) is 0 Å². The van der Waals surface area contributed by atoms with Gasteiger partial charge >= 0.3 is 0 Å². The van der Waals surface area contributed by atoms with Crippen LogP contribution in [0.2, 0.25) is 0 Å². The second-order valence-corrected chi connectivity index (χ2v) is 7.52. The van der Waals surface area contributed by atoms with Crippen molar-refractivity contribution in [1.29, 1.82) is 0 Å². The molecule has 2 rings (SSSR count). The van der Waals surface area contributed by atoms with Gasteiger partial charge in [-0.25, -0.2) is 0 Å². The number of nitrogens with zero attached hydrogens (tertiary/aromatic N) is 1. The molecule has 2 atom stereocenters. The largest absolute Gasteiger partial charge is 0.339 e. The highest BCUT2D eigenvalue weighted by molar-refractivity contribution is 5.77. The molecule has 2 aliphatic rings. The van der Waals surface area contributed by atoms with E-state index in [1.165, 1.54) is 38.5 Å². The maximum Gasteiger partial charge on any atom is 0.224 e. The highest BCUT2D eigenvalue weighted by Gasteiger charge is 2.36. The fourth-order valence-corrected chi connectivity index (χ4v) is 3.55. The maximum absolute atomic E-state index is 12.5. The van der Waals surface area contributed by atoms with Crippen LogP contribution in [0.15, 0.2) is 0 Å². The van der Waals surface area contributed by atoms with Crippen molar-refractivity contribution in [2.24, 2.45) is 17.1 Å². The average molecular weight is 266 g/mol. The first-order chi connectivity index (χ1) is 8.89. The molecule has 0 bridgehead atoms. The molecule has 1 aliphatic carbocycles. The van der Waals surface area contributed by atoms with Crippen LogP contribution in [0.4, 0.5) is 0 Å². The number of likely N-dealkylation sites (tertiary alicyclic amines) is 1. The molecule has 0 spiro atoms. The van der Waals surface area contributed by atoms with Crippen LogP contribution in [-0.2, 0) is 4.79 Å². The van der Waals surface area contributed by atoms with Gasteiger partial charge in [0, 0.05) is 25.0 Å². The summed E-state index contributed by atoms with van der Waals surface area (Å²) in [6, 6.07) is 0.479. The smallest absolute Gasteiger partial charge is 0.224 e. The van der Waals surface area contributed by atoms with Crippen molar-refractivity contribution >= 4 is 5.91 Å². The van der Waals surface area contributed by atoms with Crippen LogP contribution in [0.25, 0.3) is 0 Å². The molecule has 2 fully saturated rings. The van der Waals surface area contributed by atoms with Crippen LogP contribution in [0.1, 0.15) is 65.7 Å². The Morgan fingerprint density at radius 2 is 1.84 bits per heavy atom. The molecular formula is C16H30N2O. The molecular weight excluding hydrogens is 236 g/mol. The zero-order valence-corrected chi connectivity index (χ0v) is 12.8. The Kier molecular flexibility index (Phi) is 4.54. The predicted octanol–water partition coefficient (Wildman–Crippen LogP) is 2.93. The number of carbonyl (C=O) groups excluding carboxylic acids is 1. The lowest BCUT2D eigenvalue weighted by Crippen LogP contribution is -2.45. The Labute approximate surface area is 117 Å². The molecule has 0 aromatic carbocycles. The van der Waals surface area contributed by atoms with E-state index >= 15 is 0 Å². The highest BCUT2D eigenvalue weighted by Crippen LogP contribution is 2.36. The Balaban J connectivity index is 1.94. The lowest BCUT2D eigenvalue weighted by atomic mass is 9.85. The molecule has 0 aromatic rings. The second kappa shape index (κ2) is 5.82. The zero-order valence-electron chi connectivity index (χ0n) is 12.8. The van der Waals surface area contributed by atoms with E-state index in [4.69, 9.17) is 5.73 Å². The number of carbonyl (C=O) groups is 1. The molecule has 2 unspecified atom stereocenters. The summed E-state index contributed by atoms with van der Waals surface area (Å²) in [5.41, 5.74) is 6.18. The Bertz CT molecular complexity index is 315. The van der Waals surface area contributed by atoms with Gasteiger partial charge in [-0.1, -0.05) is 33.6 Å². The standard InChI is InChI=1S/C16H30N2O/c1-16(2,3)14(17)11-15(19)18-10-6-9-13(18)12-7-4-5-8-12/h12-14H,4-11,17H2,1-3H3. The summed E-state index contributed by atoms with van der Waals surface area (Å²) in [6.07, 6.45) is 8.24. The SMILES string of the molecule is CC(C)(C)C(N)CC(=O)N1CCCC1C1CCCC1. The molecule has 110 valence electrons. The summed E-state index contributed by atoms with van der Waals surface area (Å²) in [4.78, 5) is 14.7. The number of hydrogen-bond donors (Lipinski definition) is 1. The van der Waals surface area contributed by atoms with Gasteiger partial charge < -0.3 is 10.6 Å². The molecule has 0 aromatic heterocycles. The van der Waals surface area contributed by atoms with Crippen molar-refractivity contribution in [3.05, 3.63) is 0 Å². The van der Waals surface area contributed by atoms with Gasteiger partial charge in [0.1, 0.15) is 0 Å². The van der Waals surface area contributed by atoms with Crippen LogP contribution in [0.3, 0.4) is 0 Å². The number of nitrogens with two attached hydrogens (primary N) is 1. The lowest BCUT2D eigenvalue weighted by molar-refractivity contribution is -0.133. The number of amides is 1. The van der Waals surface area contributed by atoms with E-state index in [-0.39, 0.29) is 17.4 Å². The van der Waals surface area contributed by atoms with E-state index in [0.717, 1.165) is 12.5 Å².